The largest absolute Gasteiger partial charge is 0.494 e. The van der Waals surface area contributed by atoms with Crippen LogP contribution in [0.4, 0.5) is 10.1 Å². The number of hydrogen-bond donors (Lipinski definition) is 1. The van der Waals surface area contributed by atoms with E-state index in [9.17, 15) is 4.39 Å². The molecule has 0 bridgehead atoms. The lowest BCUT2D eigenvalue weighted by molar-refractivity contribution is 0.387. The molecule has 0 aliphatic heterocycles. The minimum Gasteiger partial charge on any atom is -0.494 e. The van der Waals surface area contributed by atoms with Gasteiger partial charge in [0, 0.05) is 29.4 Å². The van der Waals surface area contributed by atoms with E-state index in [1.165, 1.54) is 13.2 Å². The van der Waals surface area contributed by atoms with Crippen molar-refractivity contribution in [1.82, 2.24) is 4.98 Å². The molecule has 90 valence electrons. The first-order valence-corrected chi connectivity index (χ1v) is 5.54. The van der Waals surface area contributed by atoms with Gasteiger partial charge in [0.05, 0.1) is 12.6 Å². The Labute approximate surface area is 99.6 Å². The summed E-state index contributed by atoms with van der Waals surface area (Å²) in [6.07, 6.45) is 0. The smallest absolute Gasteiger partial charge is 0.167 e. The monoisotopic (exact) mass is 234 g/mol. The number of rotatable bonds is 3. The molecule has 0 atom stereocenters. The fraction of sp³-hybridized carbons (Fsp3) is 0.308. The normalized spacial score (nSPS) is 10.6. The highest BCUT2D eigenvalue weighted by atomic mass is 19.1. The molecule has 0 unspecified atom stereocenters. The van der Waals surface area contributed by atoms with E-state index in [4.69, 9.17) is 4.74 Å². The summed E-state index contributed by atoms with van der Waals surface area (Å²) in [4.78, 5) is 4.32. The third-order valence-electron chi connectivity index (χ3n) is 2.58. The number of methoxy groups -OCH3 is 1. The molecule has 3 nitrogen and oxygen atoms in total. The zero-order chi connectivity index (χ0) is 12.4. The molecule has 0 saturated carbocycles. The average Bonchev–Trinajstić information content (AvgIpc) is 2.28. The minimum atomic E-state index is -0.388. The SMILES string of the molecule is CCNc1cc(C)nc2cc(F)c(OC)cc12. The molecule has 2 rings (SSSR count). The van der Waals surface area contributed by atoms with Crippen molar-refractivity contribution < 1.29 is 9.13 Å². The Kier molecular flexibility index (Phi) is 3.13. The molecular weight excluding hydrogens is 219 g/mol. The number of halogens is 1. The fourth-order valence-electron chi connectivity index (χ4n) is 1.85. The predicted octanol–water partition coefficient (Wildman–Crippen LogP) is 3.12. The van der Waals surface area contributed by atoms with E-state index in [-0.39, 0.29) is 11.6 Å². The lowest BCUT2D eigenvalue weighted by Crippen LogP contribution is -2.00. The van der Waals surface area contributed by atoms with Crippen molar-refractivity contribution in [2.75, 3.05) is 19.0 Å². The van der Waals surface area contributed by atoms with E-state index in [1.807, 2.05) is 19.9 Å². The van der Waals surface area contributed by atoms with Crippen LogP contribution in [0.2, 0.25) is 0 Å². The van der Waals surface area contributed by atoms with Crippen LogP contribution in [0.3, 0.4) is 0 Å². The maximum absolute atomic E-state index is 13.6. The third-order valence-corrected chi connectivity index (χ3v) is 2.58. The molecule has 1 aromatic carbocycles. The highest BCUT2D eigenvalue weighted by molar-refractivity contribution is 5.92. The topological polar surface area (TPSA) is 34.2 Å². The van der Waals surface area contributed by atoms with Crippen molar-refractivity contribution in [3.63, 3.8) is 0 Å². The van der Waals surface area contributed by atoms with Crippen LogP contribution in [0.1, 0.15) is 12.6 Å². The van der Waals surface area contributed by atoms with E-state index in [0.717, 1.165) is 23.3 Å². The van der Waals surface area contributed by atoms with E-state index in [2.05, 4.69) is 10.3 Å². The predicted molar refractivity (Wildman–Crippen MR) is 67.2 cm³/mol. The maximum Gasteiger partial charge on any atom is 0.167 e. The van der Waals surface area contributed by atoms with Gasteiger partial charge < -0.3 is 10.1 Å². The molecule has 0 radical (unpaired) electrons. The molecule has 0 aliphatic carbocycles. The number of nitrogens with zero attached hydrogens (tertiary/aromatic N) is 1. The molecule has 4 heteroatoms. The Balaban J connectivity index is 2.71. The highest BCUT2D eigenvalue weighted by Crippen LogP contribution is 2.29. The molecule has 0 saturated heterocycles. The first-order valence-electron chi connectivity index (χ1n) is 5.54. The molecule has 1 N–H and O–H groups in total. The van der Waals surface area contributed by atoms with Crippen LogP contribution in [0.25, 0.3) is 10.9 Å². The number of hydrogen-bond acceptors (Lipinski definition) is 3. The van der Waals surface area contributed by atoms with Gasteiger partial charge in [0.1, 0.15) is 0 Å². The lowest BCUT2D eigenvalue weighted by Gasteiger charge is -2.11. The standard InChI is InChI=1S/C13H15FN2O/c1-4-15-11-5-8(2)16-12-7-10(14)13(17-3)6-9(11)12/h5-7H,4H2,1-3H3,(H,15,16). The molecule has 2 aromatic rings. The quantitative estimate of drug-likeness (QED) is 0.886. The second-order valence-electron chi connectivity index (χ2n) is 3.85. The second-order valence-corrected chi connectivity index (χ2v) is 3.85. The molecule has 0 aliphatic rings. The van der Waals surface area contributed by atoms with Crippen molar-refractivity contribution >= 4 is 16.6 Å². The second kappa shape index (κ2) is 4.57. The number of anilines is 1. The maximum atomic E-state index is 13.6. The van der Waals surface area contributed by atoms with Crippen LogP contribution in [0, 0.1) is 12.7 Å². The summed E-state index contributed by atoms with van der Waals surface area (Å²) in [5, 5.41) is 4.12. The van der Waals surface area contributed by atoms with Crippen LogP contribution in [0.15, 0.2) is 18.2 Å². The molecule has 0 spiro atoms. The van der Waals surface area contributed by atoms with Gasteiger partial charge in [0.25, 0.3) is 0 Å². The number of pyridine rings is 1. The van der Waals surface area contributed by atoms with Crippen molar-refractivity contribution in [3.05, 3.63) is 29.7 Å². The Hall–Kier alpha value is -1.84. The summed E-state index contributed by atoms with van der Waals surface area (Å²) in [6, 6.07) is 5.03. The van der Waals surface area contributed by atoms with Gasteiger partial charge in [-0.2, -0.15) is 0 Å². The van der Waals surface area contributed by atoms with Gasteiger partial charge in [-0.3, -0.25) is 4.98 Å². The van der Waals surface area contributed by atoms with Crippen LogP contribution >= 0.6 is 0 Å². The molecular formula is C13H15FN2O. The van der Waals surface area contributed by atoms with Gasteiger partial charge in [-0.25, -0.2) is 4.39 Å². The molecule has 1 aromatic heterocycles. The number of benzene rings is 1. The summed E-state index contributed by atoms with van der Waals surface area (Å²) in [7, 11) is 1.46. The molecule has 0 fully saturated rings. The fourth-order valence-corrected chi connectivity index (χ4v) is 1.85. The summed E-state index contributed by atoms with van der Waals surface area (Å²) in [5.41, 5.74) is 2.45. The van der Waals surface area contributed by atoms with Crippen LogP contribution in [-0.4, -0.2) is 18.6 Å². The van der Waals surface area contributed by atoms with Gasteiger partial charge in [-0.05, 0) is 26.0 Å². The van der Waals surface area contributed by atoms with Crippen LogP contribution < -0.4 is 10.1 Å². The highest BCUT2D eigenvalue weighted by Gasteiger charge is 2.09. The van der Waals surface area contributed by atoms with E-state index in [1.54, 1.807) is 6.07 Å². The number of aromatic nitrogens is 1. The number of fused-ring (bicyclic) bond motifs is 1. The van der Waals surface area contributed by atoms with Gasteiger partial charge in [0.15, 0.2) is 11.6 Å². The van der Waals surface area contributed by atoms with Crippen molar-refractivity contribution in [2.24, 2.45) is 0 Å². The average molecular weight is 234 g/mol. The first kappa shape index (κ1) is 11.6. The van der Waals surface area contributed by atoms with E-state index >= 15 is 0 Å². The summed E-state index contributed by atoms with van der Waals surface area (Å²) < 4.78 is 18.6. The van der Waals surface area contributed by atoms with E-state index in [0.29, 0.717) is 5.52 Å². The molecule has 0 amide bonds. The van der Waals surface area contributed by atoms with Gasteiger partial charge in [0.2, 0.25) is 0 Å². The molecule has 17 heavy (non-hydrogen) atoms. The third kappa shape index (κ3) is 2.16. The number of aryl methyl sites for hydroxylation is 1. The van der Waals surface area contributed by atoms with Crippen LogP contribution in [0.5, 0.6) is 5.75 Å². The Morgan fingerprint density at radius 2 is 2.12 bits per heavy atom. The number of ether oxygens (including phenoxy) is 1. The van der Waals surface area contributed by atoms with E-state index < -0.39 is 0 Å². The summed E-state index contributed by atoms with van der Waals surface area (Å²) in [6.45, 7) is 4.71. The molecule has 1 heterocycles. The Morgan fingerprint density at radius 3 is 2.76 bits per heavy atom. The van der Waals surface area contributed by atoms with Gasteiger partial charge in [-0.1, -0.05) is 0 Å². The minimum absolute atomic E-state index is 0.238. The Bertz CT molecular complexity index is 555. The summed E-state index contributed by atoms with van der Waals surface area (Å²) >= 11 is 0. The number of nitrogens with one attached hydrogen (secondary N) is 1. The zero-order valence-electron chi connectivity index (χ0n) is 10.2. The first-order chi connectivity index (χ1) is 8.15. The van der Waals surface area contributed by atoms with Crippen molar-refractivity contribution in [1.29, 1.82) is 0 Å². The van der Waals surface area contributed by atoms with Crippen molar-refractivity contribution in [3.8, 4) is 5.75 Å². The lowest BCUT2D eigenvalue weighted by atomic mass is 10.1. The zero-order valence-corrected chi connectivity index (χ0v) is 10.2. The van der Waals surface area contributed by atoms with Gasteiger partial charge >= 0.3 is 0 Å². The van der Waals surface area contributed by atoms with Gasteiger partial charge in [-0.15, -0.1) is 0 Å². The Morgan fingerprint density at radius 1 is 1.35 bits per heavy atom. The van der Waals surface area contributed by atoms with Crippen LogP contribution in [-0.2, 0) is 0 Å². The van der Waals surface area contributed by atoms with Crippen molar-refractivity contribution in [2.45, 2.75) is 13.8 Å². The summed E-state index contributed by atoms with van der Waals surface area (Å²) in [5.74, 6) is -0.150.